The molecule has 1 aliphatic rings. The van der Waals surface area contributed by atoms with Gasteiger partial charge in [-0.2, -0.15) is 0 Å². The molecule has 0 saturated heterocycles. The molecule has 0 radical (unpaired) electrons. The van der Waals surface area contributed by atoms with Crippen LogP contribution in [0, 0.1) is 0 Å². The minimum absolute atomic E-state index is 0.218. The quantitative estimate of drug-likeness (QED) is 0.931. The summed E-state index contributed by atoms with van der Waals surface area (Å²) >= 11 is 5.89. The number of halogens is 3. The summed E-state index contributed by atoms with van der Waals surface area (Å²) in [5.41, 5.74) is 0.0823. The molecule has 1 aliphatic heterocycles. The molecule has 1 aromatic carbocycles. The summed E-state index contributed by atoms with van der Waals surface area (Å²) in [6.07, 6.45) is -2.08. The molecule has 1 unspecified atom stereocenters. The van der Waals surface area contributed by atoms with Crippen molar-refractivity contribution in [1.82, 2.24) is 4.98 Å². The Hall–Kier alpha value is -2.41. The number of pyridine rings is 1. The van der Waals surface area contributed by atoms with Crippen molar-refractivity contribution in [3.8, 4) is 0 Å². The molecule has 5 nitrogen and oxygen atoms in total. The highest BCUT2D eigenvalue weighted by Gasteiger charge is 2.32. The minimum atomic E-state index is -2.96. The summed E-state index contributed by atoms with van der Waals surface area (Å²) in [5.74, 6) is -1.50. The first kappa shape index (κ1) is 15.5. The zero-order valence-electron chi connectivity index (χ0n) is 11.6. The van der Waals surface area contributed by atoms with Crippen LogP contribution in [0.4, 0.5) is 8.78 Å². The Labute approximate surface area is 134 Å². The molecule has 0 saturated carbocycles. The van der Waals surface area contributed by atoms with E-state index in [1.165, 1.54) is 6.20 Å². The highest BCUT2D eigenvalue weighted by atomic mass is 35.5. The normalized spacial score (nSPS) is 17.5. The summed E-state index contributed by atoms with van der Waals surface area (Å²) in [6.45, 7) is 0. The first-order valence-corrected chi connectivity index (χ1v) is 7.03. The van der Waals surface area contributed by atoms with Gasteiger partial charge in [0.1, 0.15) is 11.9 Å². The maximum Gasteiger partial charge on any atom is 0.356 e. The predicted octanol–water partition coefficient (Wildman–Crippen LogP) is 3.00. The number of carbonyl (C=O) groups is 1. The number of hydrogen-bond donors (Lipinski definition) is 1. The van der Waals surface area contributed by atoms with Crippen molar-refractivity contribution >= 4 is 39.9 Å². The van der Waals surface area contributed by atoms with Crippen molar-refractivity contribution in [3.63, 3.8) is 0 Å². The van der Waals surface area contributed by atoms with Crippen molar-refractivity contribution in [2.24, 2.45) is 9.98 Å². The molecule has 8 heteroatoms. The Balaban J connectivity index is 1.89. The Kier molecular flexibility index (Phi) is 4.04. The number of carboxylic acids is 1. The number of aromatic nitrogens is 1. The van der Waals surface area contributed by atoms with E-state index in [1.54, 1.807) is 24.3 Å². The fraction of sp³-hybridized carbons (Fsp3) is 0.200. The van der Waals surface area contributed by atoms with E-state index in [9.17, 15) is 13.6 Å². The van der Waals surface area contributed by atoms with Crippen LogP contribution in [0.1, 0.15) is 5.56 Å². The number of alkyl halides is 2. The molecule has 1 aromatic heterocycles. The van der Waals surface area contributed by atoms with Gasteiger partial charge < -0.3 is 5.11 Å². The van der Waals surface area contributed by atoms with Crippen LogP contribution in [-0.4, -0.2) is 40.1 Å². The lowest BCUT2D eigenvalue weighted by molar-refractivity contribution is -0.129. The minimum Gasteiger partial charge on any atom is -0.476 e. The highest BCUT2D eigenvalue weighted by Crippen LogP contribution is 2.21. The average molecular weight is 338 g/mol. The van der Waals surface area contributed by atoms with Gasteiger partial charge in [-0.25, -0.2) is 18.6 Å². The smallest absolute Gasteiger partial charge is 0.356 e. The Morgan fingerprint density at radius 2 is 2.09 bits per heavy atom. The molecular formula is C15H10ClF2N3O2. The second-order valence-corrected chi connectivity index (χ2v) is 5.40. The van der Waals surface area contributed by atoms with Crippen LogP contribution in [-0.2, 0) is 11.2 Å². The van der Waals surface area contributed by atoms with Gasteiger partial charge in [-0.1, -0.05) is 17.7 Å². The fourth-order valence-electron chi connectivity index (χ4n) is 2.37. The monoisotopic (exact) mass is 337 g/mol. The lowest BCUT2D eigenvalue weighted by Crippen LogP contribution is -2.26. The van der Waals surface area contributed by atoms with E-state index in [2.05, 4.69) is 15.0 Å². The van der Waals surface area contributed by atoms with E-state index >= 15 is 0 Å². The van der Waals surface area contributed by atoms with E-state index in [1.807, 2.05) is 0 Å². The standard InChI is InChI=1S/C15H10ClF2N3O2/c16-9-5-8-3-7(1-2-10(8)19-6-9)4-11-20-12(14(17)18)13(21-11)15(22)23/h1-3,5-6,11,14H,4H2,(H,22,23). The maximum atomic E-state index is 12.8. The third kappa shape index (κ3) is 3.19. The molecule has 0 bridgehead atoms. The van der Waals surface area contributed by atoms with Crippen molar-refractivity contribution in [1.29, 1.82) is 0 Å². The molecule has 2 aromatic rings. The second-order valence-electron chi connectivity index (χ2n) is 4.96. The van der Waals surface area contributed by atoms with Gasteiger partial charge in [0.15, 0.2) is 5.71 Å². The Morgan fingerprint density at radius 3 is 2.74 bits per heavy atom. The average Bonchev–Trinajstić information content (AvgIpc) is 2.91. The summed E-state index contributed by atoms with van der Waals surface area (Å²) in [5, 5.41) is 10.2. The number of nitrogens with zero attached hydrogens (tertiary/aromatic N) is 3. The van der Waals surface area contributed by atoms with E-state index in [0.29, 0.717) is 5.02 Å². The molecular weight excluding hydrogens is 328 g/mol. The predicted molar refractivity (Wildman–Crippen MR) is 82.8 cm³/mol. The van der Waals surface area contributed by atoms with Crippen LogP contribution in [0.15, 0.2) is 40.4 Å². The topological polar surface area (TPSA) is 74.9 Å². The summed E-state index contributed by atoms with van der Waals surface area (Å²) < 4.78 is 25.6. The summed E-state index contributed by atoms with van der Waals surface area (Å²) in [4.78, 5) is 22.6. The molecule has 1 N–H and O–H groups in total. The maximum absolute atomic E-state index is 12.8. The van der Waals surface area contributed by atoms with E-state index in [4.69, 9.17) is 16.7 Å². The zero-order valence-corrected chi connectivity index (χ0v) is 12.3. The van der Waals surface area contributed by atoms with Gasteiger partial charge in [-0.05, 0) is 23.8 Å². The van der Waals surface area contributed by atoms with Gasteiger partial charge in [-0.3, -0.25) is 9.98 Å². The van der Waals surface area contributed by atoms with Crippen LogP contribution in [0.25, 0.3) is 10.9 Å². The molecule has 0 amide bonds. The van der Waals surface area contributed by atoms with Gasteiger partial charge >= 0.3 is 5.97 Å². The second kappa shape index (κ2) is 6.00. The zero-order chi connectivity index (χ0) is 16.6. The van der Waals surface area contributed by atoms with Crippen LogP contribution < -0.4 is 0 Å². The van der Waals surface area contributed by atoms with Gasteiger partial charge in [0.2, 0.25) is 0 Å². The molecule has 0 spiro atoms. The van der Waals surface area contributed by atoms with Gasteiger partial charge in [-0.15, -0.1) is 0 Å². The number of aliphatic imine (C=N–C) groups is 2. The van der Waals surface area contributed by atoms with Crippen LogP contribution in [0.2, 0.25) is 5.02 Å². The lowest BCUT2D eigenvalue weighted by Gasteiger charge is -2.06. The first-order valence-electron chi connectivity index (χ1n) is 6.65. The van der Waals surface area contributed by atoms with Gasteiger partial charge in [0, 0.05) is 18.0 Å². The van der Waals surface area contributed by atoms with E-state index in [0.717, 1.165) is 16.5 Å². The molecule has 0 aliphatic carbocycles. The third-order valence-corrected chi connectivity index (χ3v) is 3.56. The number of fused-ring (bicyclic) bond motifs is 1. The summed E-state index contributed by atoms with van der Waals surface area (Å²) in [6, 6.07) is 7.09. The molecule has 2 heterocycles. The van der Waals surface area contributed by atoms with Crippen molar-refractivity contribution in [2.75, 3.05) is 0 Å². The molecule has 1 atom stereocenters. The molecule has 23 heavy (non-hydrogen) atoms. The van der Waals surface area contributed by atoms with Crippen LogP contribution in [0.3, 0.4) is 0 Å². The highest BCUT2D eigenvalue weighted by molar-refractivity contribution is 6.66. The van der Waals surface area contributed by atoms with E-state index < -0.39 is 30.0 Å². The number of benzene rings is 1. The number of carboxylic acid groups (broad SMARTS) is 1. The lowest BCUT2D eigenvalue weighted by atomic mass is 10.1. The third-order valence-electron chi connectivity index (χ3n) is 3.35. The SMILES string of the molecule is O=C(O)C1=NC(Cc2ccc3ncc(Cl)cc3c2)N=C1C(F)F. The first-order chi connectivity index (χ1) is 10.9. The van der Waals surface area contributed by atoms with Gasteiger partial charge in [0.05, 0.1) is 10.5 Å². The fourth-order valence-corrected chi connectivity index (χ4v) is 2.54. The van der Waals surface area contributed by atoms with Crippen molar-refractivity contribution < 1.29 is 18.7 Å². The van der Waals surface area contributed by atoms with Crippen LogP contribution in [0.5, 0.6) is 0 Å². The Bertz CT molecular complexity index is 852. The number of aliphatic carboxylic acids is 1. The van der Waals surface area contributed by atoms with Gasteiger partial charge in [0.25, 0.3) is 6.43 Å². The van der Waals surface area contributed by atoms with E-state index in [-0.39, 0.29) is 6.42 Å². The summed E-state index contributed by atoms with van der Waals surface area (Å²) in [7, 11) is 0. The molecule has 0 fully saturated rings. The molecule has 3 rings (SSSR count). The number of rotatable bonds is 4. The van der Waals surface area contributed by atoms with Crippen molar-refractivity contribution in [3.05, 3.63) is 41.0 Å². The number of hydrogen-bond acceptors (Lipinski definition) is 4. The molecule has 118 valence electrons. The van der Waals surface area contributed by atoms with Crippen LogP contribution >= 0.6 is 11.6 Å². The largest absolute Gasteiger partial charge is 0.476 e. The Morgan fingerprint density at radius 1 is 1.30 bits per heavy atom. The van der Waals surface area contributed by atoms with Crippen molar-refractivity contribution in [2.45, 2.75) is 19.0 Å².